The van der Waals surface area contributed by atoms with E-state index in [-0.39, 0.29) is 17.9 Å². The molecular weight excluding hydrogens is 390 g/mol. The van der Waals surface area contributed by atoms with E-state index in [1.807, 2.05) is 61.2 Å². The molecule has 1 aliphatic rings. The van der Waals surface area contributed by atoms with Crippen molar-refractivity contribution >= 4 is 22.5 Å². The van der Waals surface area contributed by atoms with Crippen LogP contribution >= 0.6 is 0 Å². The highest BCUT2D eigenvalue weighted by atomic mass is 16.1. The minimum Gasteiger partial charge on any atom is -0.328 e. The Morgan fingerprint density at radius 1 is 1.03 bits per heavy atom. The molecule has 0 bridgehead atoms. The predicted molar refractivity (Wildman–Crippen MR) is 119 cm³/mol. The van der Waals surface area contributed by atoms with Crippen molar-refractivity contribution in [3.63, 3.8) is 0 Å². The lowest BCUT2D eigenvalue weighted by Crippen LogP contribution is -2.44. The number of anilines is 1. The lowest BCUT2D eigenvalue weighted by Gasteiger charge is -2.31. The summed E-state index contributed by atoms with van der Waals surface area (Å²) in [4.78, 5) is 40.8. The lowest BCUT2D eigenvalue weighted by molar-refractivity contribution is 0.0994. The van der Waals surface area contributed by atoms with Crippen LogP contribution in [0, 0.1) is 0 Å². The van der Waals surface area contributed by atoms with Gasteiger partial charge in [-0.15, -0.1) is 0 Å². The van der Waals surface area contributed by atoms with Crippen LogP contribution in [0.3, 0.4) is 0 Å². The number of ketones is 1. The quantitative estimate of drug-likeness (QED) is 0.479. The van der Waals surface area contributed by atoms with E-state index in [1.54, 1.807) is 16.8 Å². The number of hydrogen-bond donors (Lipinski definition) is 0. The van der Waals surface area contributed by atoms with Gasteiger partial charge >= 0.3 is 0 Å². The van der Waals surface area contributed by atoms with Gasteiger partial charge in [0.25, 0.3) is 5.56 Å². The van der Waals surface area contributed by atoms with Crippen LogP contribution in [-0.2, 0) is 6.54 Å². The van der Waals surface area contributed by atoms with Crippen LogP contribution in [0.1, 0.15) is 24.2 Å². The Balaban J connectivity index is 1.53. The molecule has 1 aliphatic heterocycles. The number of nitrogens with zero attached hydrogens (tertiary/aromatic N) is 5. The molecule has 31 heavy (non-hydrogen) atoms. The second-order valence-electron chi connectivity index (χ2n) is 8.34. The average molecular weight is 411 g/mol. The van der Waals surface area contributed by atoms with E-state index in [4.69, 9.17) is 4.98 Å². The van der Waals surface area contributed by atoms with Gasteiger partial charge in [0.05, 0.1) is 30.0 Å². The van der Waals surface area contributed by atoms with Gasteiger partial charge < -0.3 is 4.90 Å². The van der Waals surface area contributed by atoms with E-state index < -0.39 is 5.54 Å². The van der Waals surface area contributed by atoms with Gasteiger partial charge in [-0.3, -0.25) is 14.2 Å². The van der Waals surface area contributed by atoms with Crippen molar-refractivity contribution in [3.8, 4) is 11.4 Å². The monoisotopic (exact) mass is 411 g/mol. The molecule has 0 saturated carbocycles. The van der Waals surface area contributed by atoms with E-state index in [1.165, 1.54) is 12.4 Å². The van der Waals surface area contributed by atoms with E-state index in [9.17, 15) is 9.59 Å². The molecule has 7 nitrogen and oxygen atoms in total. The van der Waals surface area contributed by atoms with Gasteiger partial charge in [-0.25, -0.2) is 15.0 Å². The average Bonchev–Trinajstić information content (AvgIpc) is 3.04. The Bertz CT molecular complexity index is 1360. The zero-order chi connectivity index (χ0) is 21.6. The summed E-state index contributed by atoms with van der Waals surface area (Å²) in [6, 6.07) is 16.9. The number of Topliss-reactive ketones (excluding diaryl/α,β-unsaturated/α-hetero) is 1. The molecular formula is C24H21N5O2. The van der Waals surface area contributed by atoms with Gasteiger partial charge in [-0.1, -0.05) is 36.4 Å². The first-order chi connectivity index (χ1) is 14.9. The molecule has 0 N–H and O–H groups in total. The largest absolute Gasteiger partial charge is 0.328 e. The highest BCUT2D eigenvalue weighted by molar-refractivity contribution is 6.02. The fraction of sp³-hybridized carbons (Fsp3) is 0.208. The SMILES string of the molecule is CC1(C)Cn2c(nc(-c3ccncn3)cc2=O)N1CC(=O)c1ccc2ccccc2c1. The van der Waals surface area contributed by atoms with Crippen LogP contribution in [0.25, 0.3) is 22.2 Å². The second kappa shape index (κ2) is 7.12. The zero-order valence-corrected chi connectivity index (χ0v) is 17.3. The maximum absolute atomic E-state index is 13.2. The van der Waals surface area contributed by atoms with Crippen LogP contribution in [0.15, 0.2) is 71.9 Å². The number of carbonyl (C=O) groups is 1. The molecule has 5 rings (SSSR count). The summed E-state index contributed by atoms with van der Waals surface area (Å²) in [5, 5.41) is 2.11. The lowest BCUT2D eigenvalue weighted by atomic mass is 10.0. The van der Waals surface area contributed by atoms with E-state index in [0.717, 1.165) is 10.8 Å². The molecule has 2 aromatic heterocycles. The molecule has 7 heteroatoms. The van der Waals surface area contributed by atoms with E-state index in [0.29, 0.717) is 29.4 Å². The number of benzene rings is 2. The number of fused-ring (bicyclic) bond motifs is 2. The highest BCUT2D eigenvalue weighted by Crippen LogP contribution is 2.32. The van der Waals surface area contributed by atoms with Gasteiger partial charge in [0.2, 0.25) is 5.95 Å². The highest BCUT2D eigenvalue weighted by Gasteiger charge is 2.39. The molecule has 0 saturated heterocycles. The minimum atomic E-state index is -0.435. The summed E-state index contributed by atoms with van der Waals surface area (Å²) in [6.07, 6.45) is 3.03. The maximum Gasteiger partial charge on any atom is 0.255 e. The molecule has 154 valence electrons. The summed E-state index contributed by atoms with van der Waals surface area (Å²) in [5.41, 5.74) is 1.09. The Hall–Kier alpha value is -3.87. The molecule has 0 radical (unpaired) electrons. The Labute approximate surface area is 179 Å². The predicted octanol–water partition coefficient (Wildman–Crippen LogP) is 3.34. The van der Waals surface area contributed by atoms with Crippen molar-refractivity contribution in [2.24, 2.45) is 0 Å². The normalized spacial score (nSPS) is 14.6. The van der Waals surface area contributed by atoms with Crippen molar-refractivity contribution in [1.29, 1.82) is 0 Å². The summed E-state index contributed by atoms with van der Waals surface area (Å²) in [7, 11) is 0. The molecule has 0 aliphatic carbocycles. The summed E-state index contributed by atoms with van der Waals surface area (Å²) in [5.74, 6) is 0.467. The van der Waals surface area contributed by atoms with Crippen LogP contribution in [-0.4, -0.2) is 37.4 Å². The first-order valence-electron chi connectivity index (χ1n) is 10.1. The van der Waals surface area contributed by atoms with Crippen LogP contribution in [0.2, 0.25) is 0 Å². The zero-order valence-electron chi connectivity index (χ0n) is 17.3. The number of rotatable bonds is 4. The van der Waals surface area contributed by atoms with Crippen LogP contribution in [0.4, 0.5) is 5.95 Å². The van der Waals surface area contributed by atoms with Crippen molar-refractivity contribution in [2.45, 2.75) is 25.9 Å². The Morgan fingerprint density at radius 3 is 2.61 bits per heavy atom. The van der Waals surface area contributed by atoms with Crippen molar-refractivity contribution in [2.75, 3.05) is 11.4 Å². The second-order valence-corrected chi connectivity index (χ2v) is 8.34. The maximum atomic E-state index is 13.2. The molecule has 3 heterocycles. The smallest absolute Gasteiger partial charge is 0.255 e. The molecule has 2 aromatic carbocycles. The third kappa shape index (κ3) is 3.38. The van der Waals surface area contributed by atoms with Gasteiger partial charge in [-0.2, -0.15) is 0 Å². The fourth-order valence-electron chi connectivity index (χ4n) is 4.05. The summed E-state index contributed by atoms with van der Waals surface area (Å²) >= 11 is 0. The van der Waals surface area contributed by atoms with Crippen LogP contribution < -0.4 is 10.5 Å². The molecule has 0 amide bonds. The number of hydrogen-bond acceptors (Lipinski definition) is 6. The molecule has 0 unspecified atom stereocenters. The van der Waals surface area contributed by atoms with E-state index >= 15 is 0 Å². The summed E-state index contributed by atoms with van der Waals surface area (Å²) in [6.45, 7) is 4.62. The van der Waals surface area contributed by atoms with Crippen molar-refractivity contribution in [1.82, 2.24) is 19.5 Å². The van der Waals surface area contributed by atoms with Crippen molar-refractivity contribution in [3.05, 3.63) is 83.0 Å². The van der Waals surface area contributed by atoms with E-state index in [2.05, 4.69) is 9.97 Å². The first-order valence-corrected chi connectivity index (χ1v) is 10.1. The topological polar surface area (TPSA) is 81.0 Å². The Kier molecular flexibility index (Phi) is 4.39. The molecule has 0 spiro atoms. The number of aromatic nitrogens is 4. The third-order valence-electron chi connectivity index (χ3n) is 5.72. The minimum absolute atomic E-state index is 0.0195. The van der Waals surface area contributed by atoms with Gasteiger partial charge in [0.1, 0.15) is 6.33 Å². The number of carbonyl (C=O) groups excluding carboxylic acids is 1. The Morgan fingerprint density at radius 2 is 1.84 bits per heavy atom. The first kappa shape index (κ1) is 19.1. The molecule has 4 aromatic rings. The van der Waals surface area contributed by atoms with Gasteiger partial charge in [0.15, 0.2) is 5.78 Å². The standard InChI is InChI=1S/C24H21N5O2/c1-24(2)14-28-22(31)12-20(19-9-10-25-15-26-19)27-23(28)29(24)13-21(30)18-8-7-16-5-3-4-6-17(16)11-18/h3-12,15H,13-14H2,1-2H3. The third-order valence-corrected chi connectivity index (χ3v) is 5.72. The summed E-state index contributed by atoms with van der Waals surface area (Å²) < 4.78 is 1.62. The van der Waals surface area contributed by atoms with Gasteiger partial charge in [0, 0.05) is 17.8 Å². The molecule has 0 fully saturated rings. The van der Waals surface area contributed by atoms with Crippen LogP contribution in [0.5, 0.6) is 0 Å². The van der Waals surface area contributed by atoms with Crippen molar-refractivity contribution < 1.29 is 4.79 Å². The molecule has 0 atom stereocenters. The fourth-order valence-corrected chi connectivity index (χ4v) is 4.05. The van der Waals surface area contributed by atoms with Gasteiger partial charge in [-0.05, 0) is 36.8 Å².